The minimum absolute atomic E-state index is 0.0388. The zero-order valence-electron chi connectivity index (χ0n) is 18.8. The molecule has 0 unspecified atom stereocenters. The number of rotatable bonds is 4. The van der Waals surface area contributed by atoms with Gasteiger partial charge in [0.25, 0.3) is 0 Å². The molecular weight excluding hydrogens is 410 g/mol. The highest BCUT2D eigenvalue weighted by Crippen LogP contribution is 2.34. The molecule has 0 aliphatic rings. The van der Waals surface area contributed by atoms with E-state index >= 15 is 0 Å². The summed E-state index contributed by atoms with van der Waals surface area (Å²) < 4.78 is 5.25. The molecule has 3 aromatic rings. The molecule has 2 aromatic heterocycles. The van der Waals surface area contributed by atoms with E-state index in [1.807, 2.05) is 44.4 Å². The Morgan fingerprint density at radius 1 is 1.03 bits per heavy atom. The van der Waals surface area contributed by atoms with Gasteiger partial charge < -0.3 is 4.74 Å². The van der Waals surface area contributed by atoms with Crippen LogP contribution in [-0.4, -0.2) is 29.2 Å². The molecule has 0 bridgehead atoms. The topological polar surface area (TPSA) is 55.3 Å². The Labute approximate surface area is 189 Å². The number of ether oxygens (including phenoxy) is 1. The van der Waals surface area contributed by atoms with E-state index in [1.165, 1.54) is 4.90 Å². The molecule has 0 atom stereocenters. The Hall–Kier alpha value is -2.92. The summed E-state index contributed by atoms with van der Waals surface area (Å²) in [6.07, 6.45) is 4.84. The Kier molecular flexibility index (Phi) is 6.65. The number of anilines is 1. The van der Waals surface area contributed by atoms with Gasteiger partial charge in [-0.2, -0.15) is 0 Å². The lowest BCUT2D eigenvalue weighted by Crippen LogP contribution is -2.29. The highest BCUT2D eigenvalue weighted by molar-refractivity contribution is 6.33. The zero-order valence-corrected chi connectivity index (χ0v) is 19.6. The summed E-state index contributed by atoms with van der Waals surface area (Å²) in [6.45, 7) is 10.1. The van der Waals surface area contributed by atoms with Crippen molar-refractivity contribution < 1.29 is 9.53 Å². The van der Waals surface area contributed by atoms with E-state index in [1.54, 1.807) is 19.3 Å². The lowest BCUT2D eigenvalue weighted by atomic mass is 9.90. The molecule has 0 radical (unpaired) electrons. The Balaban J connectivity index is 1.92. The van der Waals surface area contributed by atoms with Crippen LogP contribution in [0.4, 0.5) is 10.5 Å². The number of hydrogen-bond acceptors (Lipinski definition) is 4. The number of nitrogens with zero attached hydrogens (tertiary/aromatic N) is 3. The van der Waals surface area contributed by atoms with Gasteiger partial charge in [0, 0.05) is 59.1 Å². The second kappa shape index (κ2) is 9.06. The van der Waals surface area contributed by atoms with Gasteiger partial charge in [-0.3, -0.25) is 14.9 Å². The van der Waals surface area contributed by atoms with Crippen molar-refractivity contribution in [2.75, 3.05) is 11.9 Å². The molecule has 1 amide bonds. The third kappa shape index (κ3) is 5.42. The fourth-order valence-corrected chi connectivity index (χ4v) is 3.38. The van der Waals surface area contributed by atoms with Gasteiger partial charge in [0.1, 0.15) is 0 Å². The van der Waals surface area contributed by atoms with Crippen molar-refractivity contribution in [2.24, 2.45) is 0 Å². The van der Waals surface area contributed by atoms with Gasteiger partial charge in [0.2, 0.25) is 0 Å². The van der Waals surface area contributed by atoms with E-state index in [-0.39, 0.29) is 11.5 Å². The highest BCUT2D eigenvalue weighted by atomic mass is 35.5. The molecule has 0 spiro atoms. The smallest absolute Gasteiger partial charge is 0.414 e. The van der Waals surface area contributed by atoms with Crippen molar-refractivity contribution in [1.82, 2.24) is 9.97 Å². The second-order valence-electron chi connectivity index (χ2n) is 8.80. The molecule has 1 aromatic carbocycles. The zero-order chi connectivity index (χ0) is 22.8. The van der Waals surface area contributed by atoms with Crippen LogP contribution in [0, 0.1) is 0 Å². The van der Waals surface area contributed by atoms with E-state index in [4.69, 9.17) is 16.3 Å². The number of hydrogen-bond donors (Lipinski definition) is 0. The number of carbonyl (C=O) groups is 1. The molecule has 162 valence electrons. The first kappa shape index (κ1) is 22.8. The third-order valence-corrected chi connectivity index (χ3v) is 5.17. The molecule has 0 saturated heterocycles. The fraction of sp³-hybridized carbons (Fsp3) is 0.320. The van der Waals surface area contributed by atoms with Gasteiger partial charge in [-0.05, 0) is 49.7 Å². The van der Waals surface area contributed by atoms with Gasteiger partial charge in [0.05, 0.1) is 11.1 Å². The maximum atomic E-state index is 12.2. The molecular formula is C25H28ClN3O2. The summed E-state index contributed by atoms with van der Waals surface area (Å²) in [4.78, 5) is 22.5. The summed E-state index contributed by atoms with van der Waals surface area (Å²) >= 11 is 6.59. The Morgan fingerprint density at radius 3 is 2.39 bits per heavy atom. The first-order valence-corrected chi connectivity index (χ1v) is 10.6. The van der Waals surface area contributed by atoms with Crippen LogP contribution >= 0.6 is 11.6 Å². The van der Waals surface area contributed by atoms with E-state index in [2.05, 4.69) is 42.9 Å². The first-order valence-electron chi connectivity index (χ1n) is 10.2. The standard InChI is InChI=1S/C25H28ClN3O2/c1-16(2)31-24(30)29(6)20-7-8-21(22(26)13-20)19-11-18(14-27-15-19)17-9-10-28-23(12-17)25(3,4)5/h7-16H,1-6H3. The number of halogens is 1. The second-order valence-corrected chi connectivity index (χ2v) is 9.20. The first-order chi connectivity index (χ1) is 14.6. The number of aromatic nitrogens is 2. The van der Waals surface area contributed by atoms with Crippen LogP contribution in [-0.2, 0) is 10.2 Å². The fourth-order valence-electron chi connectivity index (χ4n) is 3.10. The number of carbonyl (C=O) groups excluding carboxylic acids is 1. The maximum Gasteiger partial charge on any atom is 0.414 e. The van der Waals surface area contributed by atoms with Crippen LogP contribution < -0.4 is 4.90 Å². The van der Waals surface area contributed by atoms with Gasteiger partial charge >= 0.3 is 6.09 Å². The molecule has 6 heteroatoms. The monoisotopic (exact) mass is 437 g/mol. The largest absolute Gasteiger partial charge is 0.446 e. The third-order valence-electron chi connectivity index (χ3n) is 4.86. The SMILES string of the molecule is CC(C)OC(=O)N(C)c1ccc(-c2cncc(-c3ccnc(C(C)(C)C)c3)c2)c(Cl)c1. The Morgan fingerprint density at radius 2 is 1.74 bits per heavy atom. The molecule has 0 aliphatic heterocycles. The van der Waals surface area contributed by atoms with Crippen LogP contribution in [0.1, 0.15) is 40.3 Å². The van der Waals surface area contributed by atoms with Crippen LogP contribution in [0.5, 0.6) is 0 Å². The van der Waals surface area contributed by atoms with Crippen molar-refractivity contribution in [3.63, 3.8) is 0 Å². The number of benzene rings is 1. The predicted molar refractivity (Wildman–Crippen MR) is 127 cm³/mol. The average Bonchev–Trinajstić information content (AvgIpc) is 2.72. The molecule has 5 nitrogen and oxygen atoms in total. The summed E-state index contributed by atoms with van der Waals surface area (Å²) in [7, 11) is 1.66. The van der Waals surface area contributed by atoms with Crippen molar-refractivity contribution in [3.8, 4) is 22.3 Å². The van der Waals surface area contributed by atoms with E-state index in [0.717, 1.165) is 27.9 Å². The van der Waals surface area contributed by atoms with Crippen molar-refractivity contribution in [1.29, 1.82) is 0 Å². The lowest BCUT2D eigenvalue weighted by molar-refractivity contribution is 0.124. The van der Waals surface area contributed by atoms with Crippen LogP contribution in [0.2, 0.25) is 5.02 Å². The van der Waals surface area contributed by atoms with Crippen molar-refractivity contribution in [2.45, 2.75) is 46.1 Å². The number of pyridine rings is 2. The molecule has 31 heavy (non-hydrogen) atoms. The molecule has 0 N–H and O–H groups in total. The lowest BCUT2D eigenvalue weighted by Gasteiger charge is -2.20. The minimum Gasteiger partial charge on any atom is -0.446 e. The van der Waals surface area contributed by atoms with Crippen molar-refractivity contribution >= 4 is 23.4 Å². The van der Waals surface area contributed by atoms with E-state index in [0.29, 0.717) is 10.7 Å². The quantitative estimate of drug-likeness (QED) is 0.453. The molecule has 0 saturated carbocycles. The summed E-state index contributed by atoms with van der Waals surface area (Å²) in [6, 6.07) is 11.6. The normalized spacial score (nSPS) is 11.5. The highest BCUT2D eigenvalue weighted by Gasteiger charge is 2.17. The van der Waals surface area contributed by atoms with E-state index < -0.39 is 6.09 Å². The summed E-state index contributed by atoms with van der Waals surface area (Å²) in [5.41, 5.74) is 5.43. The van der Waals surface area contributed by atoms with Crippen LogP contribution in [0.3, 0.4) is 0 Å². The van der Waals surface area contributed by atoms with Gasteiger partial charge in [0.15, 0.2) is 0 Å². The van der Waals surface area contributed by atoms with Gasteiger partial charge in [-0.25, -0.2) is 4.79 Å². The Bertz CT molecular complexity index is 1090. The van der Waals surface area contributed by atoms with Crippen LogP contribution in [0.15, 0.2) is 55.0 Å². The predicted octanol–water partition coefficient (Wildman–Crippen LogP) is 6.74. The summed E-state index contributed by atoms with van der Waals surface area (Å²) in [5.74, 6) is 0. The average molecular weight is 438 g/mol. The molecule has 0 fully saturated rings. The minimum atomic E-state index is -0.421. The van der Waals surface area contributed by atoms with Crippen molar-refractivity contribution in [3.05, 3.63) is 65.7 Å². The maximum absolute atomic E-state index is 12.2. The van der Waals surface area contributed by atoms with Gasteiger partial charge in [-0.15, -0.1) is 0 Å². The molecule has 3 rings (SSSR count). The summed E-state index contributed by atoms with van der Waals surface area (Å²) in [5, 5.41) is 0.533. The molecule has 2 heterocycles. The van der Waals surface area contributed by atoms with E-state index in [9.17, 15) is 4.79 Å². The number of amides is 1. The van der Waals surface area contributed by atoms with Gasteiger partial charge in [-0.1, -0.05) is 38.4 Å². The molecule has 0 aliphatic carbocycles. The van der Waals surface area contributed by atoms with Crippen LogP contribution in [0.25, 0.3) is 22.3 Å².